The van der Waals surface area contributed by atoms with Crippen LogP contribution in [0.3, 0.4) is 0 Å². The van der Waals surface area contributed by atoms with E-state index >= 15 is 0 Å². The van der Waals surface area contributed by atoms with Gasteiger partial charge in [0.2, 0.25) is 24.6 Å². The zero-order valence-corrected chi connectivity index (χ0v) is 15.2. The normalized spacial score (nSPS) is 11.8. The second-order valence-electron chi connectivity index (χ2n) is 6.53. The van der Waals surface area contributed by atoms with Gasteiger partial charge in [-0.25, -0.2) is 19.1 Å². The predicted molar refractivity (Wildman–Crippen MR) is 100 cm³/mol. The molecule has 0 aromatic carbocycles. The Kier molecular flexibility index (Phi) is 4.27. The summed E-state index contributed by atoms with van der Waals surface area (Å²) in [6, 6.07) is 0. The van der Waals surface area contributed by atoms with E-state index in [1.165, 1.54) is 0 Å². The zero-order chi connectivity index (χ0) is 19.8. The van der Waals surface area contributed by atoms with Crippen molar-refractivity contribution in [2.45, 2.75) is 13.1 Å². The summed E-state index contributed by atoms with van der Waals surface area (Å²) in [7, 11) is 1.96. The van der Waals surface area contributed by atoms with Gasteiger partial charge in [-0.05, 0) is 7.05 Å². The van der Waals surface area contributed by atoms with E-state index < -0.39 is 0 Å². The summed E-state index contributed by atoms with van der Waals surface area (Å²) in [5.41, 5.74) is 12.3. The van der Waals surface area contributed by atoms with Crippen molar-refractivity contribution in [2.24, 2.45) is 0 Å². The van der Waals surface area contributed by atoms with Crippen molar-refractivity contribution in [1.82, 2.24) is 34.8 Å². The van der Waals surface area contributed by atoms with Crippen molar-refractivity contribution in [1.29, 1.82) is 0 Å². The Labute approximate surface area is 157 Å². The van der Waals surface area contributed by atoms with E-state index in [1.807, 2.05) is 7.05 Å². The molecule has 0 aliphatic rings. The van der Waals surface area contributed by atoms with Gasteiger partial charge in [0, 0.05) is 13.1 Å². The van der Waals surface area contributed by atoms with Gasteiger partial charge in [0.05, 0.1) is 0 Å². The minimum Gasteiger partial charge on any atom is -0.369 e. The molecule has 0 amide bonds. The molecule has 13 heteroatoms. The smallest absolute Gasteiger partial charge is 0.304 e. The first-order chi connectivity index (χ1) is 13.4. The van der Waals surface area contributed by atoms with E-state index in [0.29, 0.717) is 48.5 Å². The number of hydrogen-bond donors (Lipinski definition) is 6. The van der Waals surface area contributed by atoms with E-state index in [1.54, 1.807) is 21.8 Å². The van der Waals surface area contributed by atoms with Crippen LogP contribution in [0.25, 0.3) is 22.3 Å². The van der Waals surface area contributed by atoms with Crippen molar-refractivity contribution in [3.05, 3.63) is 33.4 Å². The molecule has 13 nitrogen and oxygen atoms in total. The minimum absolute atomic E-state index is 0.0746. The van der Waals surface area contributed by atoms with Gasteiger partial charge in [-0.2, -0.15) is 9.97 Å². The van der Waals surface area contributed by atoms with Crippen LogP contribution in [-0.2, 0) is 13.1 Å². The maximum atomic E-state index is 12.1. The lowest BCUT2D eigenvalue weighted by Gasteiger charge is -2.13. The highest BCUT2D eigenvalue weighted by atomic mass is 16.1. The van der Waals surface area contributed by atoms with Crippen LogP contribution in [0.4, 0.5) is 11.9 Å². The Balaban J connectivity index is 1.43. The monoisotopic (exact) mass is 387 g/mol. The third kappa shape index (κ3) is 3.18. The second-order valence-corrected chi connectivity index (χ2v) is 6.53. The summed E-state index contributed by atoms with van der Waals surface area (Å²) < 4.78 is 3.60. The number of hydrogen-bond acceptors (Lipinski definition) is 7. The van der Waals surface area contributed by atoms with E-state index in [-0.39, 0.29) is 23.0 Å². The number of aromatic amines is 4. The Hall–Kier alpha value is -3.74. The molecule has 0 unspecified atom stereocenters. The molecule has 0 aliphatic carbocycles. The van der Waals surface area contributed by atoms with Crippen LogP contribution < -0.4 is 31.7 Å². The van der Waals surface area contributed by atoms with Gasteiger partial charge in [0.25, 0.3) is 22.3 Å². The number of likely N-dealkylation sites (N-methyl/N-ethyl adjacent to an activating group) is 1. The van der Waals surface area contributed by atoms with Crippen LogP contribution in [0, 0.1) is 0 Å². The quantitative estimate of drug-likeness (QED) is 0.193. The van der Waals surface area contributed by atoms with Crippen LogP contribution in [0.5, 0.6) is 0 Å². The van der Waals surface area contributed by atoms with E-state index in [0.717, 1.165) is 0 Å². The standard InChI is InChI=1S/C15H19N11O2/c1-24(2-4-25-6-18-10-8(25)12(27)22-14(16)20-10)3-5-26-7-19-11-9(26)13(28)23-15(17)21-11/h6-7H,2-5H2,1H3,(H6,16,17,20,21,22,23,27,28)/p+2. The number of anilines is 2. The molecule has 0 saturated heterocycles. The molecule has 4 aromatic heterocycles. The number of nitrogens with one attached hydrogen (secondary N) is 4. The number of aromatic nitrogens is 8. The third-order valence-electron chi connectivity index (χ3n) is 4.56. The van der Waals surface area contributed by atoms with Crippen LogP contribution in [0.15, 0.2) is 22.2 Å². The second kappa shape index (κ2) is 6.77. The lowest BCUT2D eigenvalue weighted by atomic mass is 10.4. The van der Waals surface area contributed by atoms with Gasteiger partial charge in [-0.15, -0.1) is 0 Å². The maximum Gasteiger partial charge on any atom is 0.304 e. The Morgan fingerprint density at radius 1 is 0.893 bits per heavy atom. The van der Waals surface area contributed by atoms with Gasteiger partial charge >= 0.3 is 11.1 Å². The van der Waals surface area contributed by atoms with E-state index in [2.05, 4.69) is 34.8 Å². The first kappa shape index (κ1) is 17.7. The van der Waals surface area contributed by atoms with Crippen molar-refractivity contribution >= 4 is 34.2 Å². The van der Waals surface area contributed by atoms with Gasteiger partial charge in [-0.3, -0.25) is 24.5 Å². The number of nitrogen functional groups attached to an aromatic ring is 2. The first-order valence-corrected chi connectivity index (χ1v) is 8.63. The van der Waals surface area contributed by atoms with Crippen LogP contribution in [0.2, 0.25) is 0 Å². The molecule has 0 radical (unpaired) electrons. The van der Waals surface area contributed by atoms with Gasteiger partial charge in [0.1, 0.15) is 13.1 Å². The van der Waals surface area contributed by atoms with Crippen molar-refractivity contribution in [2.75, 3.05) is 31.6 Å². The SMILES string of the molecule is CN(CC[n+]1c[nH]c2nc(N)[nH]c(=O)c21)CC[n+]1c[nH]c2nc(N)[nH]c(=O)c21. The molecule has 28 heavy (non-hydrogen) atoms. The molecule has 4 heterocycles. The summed E-state index contributed by atoms with van der Waals surface area (Å²) in [4.78, 5) is 45.3. The number of H-pyrrole nitrogens is 4. The molecule has 4 aromatic rings. The number of nitrogens with zero attached hydrogens (tertiary/aromatic N) is 5. The maximum absolute atomic E-state index is 12.1. The average molecular weight is 387 g/mol. The lowest BCUT2D eigenvalue weighted by molar-refractivity contribution is -0.676. The molecule has 146 valence electrons. The fourth-order valence-corrected chi connectivity index (χ4v) is 3.13. The molecule has 4 rings (SSSR count). The predicted octanol–water partition coefficient (Wildman–Crippen LogP) is -2.81. The number of imidazole rings is 2. The topological polar surface area (TPSA) is 186 Å². The molecule has 0 atom stereocenters. The number of nitrogens with two attached hydrogens (primary N) is 2. The van der Waals surface area contributed by atoms with E-state index in [4.69, 9.17) is 11.5 Å². The largest absolute Gasteiger partial charge is 0.369 e. The Morgan fingerprint density at radius 3 is 1.75 bits per heavy atom. The Morgan fingerprint density at radius 2 is 1.32 bits per heavy atom. The highest BCUT2D eigenvalue weighted by molar-refractivity contribution is 5.66. The van der Waals surface area contributed by atoms with Crippen molar-refractivity contribution in [3.8, 4) is 0 Å². The number of fused-ring (bicyclic) bond motifs is 2. The summed E-state index contributed by atoms with van der Waals surface area (Å²) in [6.07, 6.45) is 3.40. The van der Waals surface area contributed by atoms with Crippen molar-refractivity contribution < 1.29 is 9.13 Å². The van der Waals surface area contributed by atoms with Crippen LogP contribution in [-0.4, -0.2) is 54.9 Å². The van der Waals surface area contributed by atoms with Gasteiger partial charge in [-0.1, -0.05) is 0 Å². The molecule has 8 N–H and O–H groups in total. The lowest BCUT2D eigenvalue weighted by Crippen LogP contribution is -2.45. The highest BCUT2D eigenvalue weighted by Crippen LogP contribution is 2.00. The molecular formula is C15H21N11O2+2. The minimum atomic E-state index is -0.285. The summed E-state index contributed by atoms with van der Waals surface area (Å²) in [5.74, 6) is 0.149. The van der Waals surface area contributed by atoms with Crippen LogP contribution in [0.1, 0.15) is 0 Å². The molecule has 0 saturated carbocycles. The molecule has 0 bridgehead atoms. The number of rotatable bonds is 6. The average Bonchev–Trinajstić information content (AvgIpc) is 3.22. The fourth-order valence-electron chi connectivity index (χ4n) is 3.13. The molecule has 0 fully saturated rings. The summed E-state index contributed by atoms with van der Waals surface area (Å²) >= 11 is 0. The first-order valence-electron chi connectivity index (χ1n) is 8.63. The highest BCUT2D eigenvalue weighted by Gasteiger charge is 2.18. The van der Waals surface area contributed by atoms with E-state index in [9.17, 15) is 9.59 Å². The zero-order valence-electron chi connectivity index (χ0n) is 15.2. The Bertz CT molecular complexity index is 1170. The summed E-state index contributed by atoms with van der Waals surface area (Å²) in [5, 5.41) is 0. The van der Waals surface area contributed by atoms with Crippen LogP contribution >= 0.6 is 0 Å². The fraction of sp³-hybridized carbons (Fsp3) is 0.333. The van der Waals surface area contributed by atoms with Gasteiger partial charge in [0.15, 0.2) is 0 Å². The third-order valence-corrected chi connectivity index (χ3v) is 4.56. The van der Waals surface area contributed by atoms with Crippen molar-refractivity contribution in [3.63, 3.8) is 0 Å². The molecular weight excluding hydrogens is 366 g/mol. The summed E-state index contributed by atoms with van der Waals surface area (Å²) in [6.45, 7) is 2.54. The molecule has 0 spiro atoms. The molecule has 0 aliphatic heterocycles. The van der Waals surface area contributed by atoms with Gasteiger partial charge < -0.3 is 11.5 Å².